The van der Waals surface area contributed by atoms with E-state index in [-0.39, 0.29) is 12.0 Å². The van der Waals surface area contributed by atoms with Gasteiger partial charge in [0.2, 0.25) is 0 Å². The zero-order valence-corrected chi connectivity index (χ0v) is 14.7. The number of ether oxygens (including phenoxy) is 1. The fraction of sp³-hybridized carbons (Fsp3) is 0.889. The van der Waals surface area contributed by atoms with Crippen LogP contribution >= 0.6 is 0 Å². The Kier molecular flexibility index (Phi) is 11.4. The molecule has 0 aliphatic heterocycles. The van der Waals surface area contributed by atoms with Crippen molar-refractivity contribution in [2.24, 2.45) is 0 Å². The van der Waals surface area contributed by atoms with E-state index in [1.165, 1.54) is 32.1 Å². The normalized spacial score (nSPS) is 16.2. The lowest BCUT2D eigenvalue weighted by molar-refractivity contribution is -0.143. The van der Waals surface area contributed by atoms with Gasteiger partial charge < -0.3 is 15.4 Å². The number of nitrogens with one attached hydrogen (secondary N) is 2. The topological polar surface area (TPSA) is 67.4 Å². The molecule has 2 amide bonds. The molecule has 0 aromatic carbocycles. The van der Waals surface area contributed by atoms with Crippen LogP contribution in [0.2, 0.25) is 0 Å². The van der Waals surface area contributed by atoms with Crippen LogP contribution in [0.4, 0.5) is 4.79 Å². The number of rotatable bonds is 9. The van der Waals surface area contributed by atoms with Crippen molar-refractivity contribution in [1.82, 2.24) is 10.6 Å². The number of unbranched alkanes of at least 4 members (excludes halogenated alkanes) is 3. The first-order valence-electron chi connectivity index (χ1n) is 9.42. The van der Waals surface area contributed by atoms with Gasteiger partial charge in [-0.25, -0.2) is 4.79 Å². The molecule has 0 aromatic rings. The Labute approximate surface area is 140 Å². The van der Waals surface area contributed by atoms with Crippen LogP contribution in [0.1, 0.15) is 84.0 Å². The highest BCUT2D eigenvalue weighted by atomic mass is 16.5. The van der Waals surface area contributed by atoms with Crippen LogP contribution in [-0.4, -0.2) is 31.2 Å². The largest absolute Gasteiger partial charge is 0.466 e. The summed E-state index contributed by atoms with van der Waals surface area (Å²) in [6, 6.07) is 0.321. The van der Waals surface area contributed by atoms with Crippen molar-refractivity contribution in [3.05, 3.63) is 0 Å². The van der Waals surface area contributed by atoms with Crippen LogP contribution in [0.25, 0.3) is 0 Å². The van der Waals surface area contributed by atoms with E-state index in [1.807, 2.05) is 6.92 Å². The molecule has 0 heterocycles. The SMILES string of the molecule is CCOC(=O)CCCCCCNC(=O)NC1CCCCCCC1. The Morgan fingerprint density at radius 2 is 1.61 bits per heavy atom. The second kappa shape index (κ2) is 13.2. The summed E-state index contributed by atoms with van der Waals surface area (Å²) in [5.74, 6) is -0.107. The maximum atomic E-state index is 11.9. The van der Waals surface area contributed by atoms with Crippen LogP contribution in [-0.2, 0) is 9.53 Å². The lowest BCUT2D eigenvalue weighted by Crippen LogP contribution is -2.42. The third kappa shape index (κ3) is 11.0. The van der Waals surface area contributed by atoms with E-state index in [4.69, 9.17) is 4.74 Å². The second-order valence-corrected chi connectivity index (χ2v) is 6.41. The minimum absolute atomic E-state index is 0.0258. The van der Waals surface area contributed by atoms with Gasteiger partial charge in [-0.2, -0.15) is 0 Å². The molecule has 1 aliphatic carbocycles. The van der Waals surface area contributed by atoms with Crippen molar-refractivity contribution in [3.8, 4) is 0 Å². The summed E-state index contributed by atoms with van der Waals surface area (Å²) in [6.45, 7) is 2.99. The van der Waals surface area contributed by atoms with Gasteiger partial charge in [0.15, 0.2) is 0 Å². The van der Waals surface area contributed by atoms with Crippen molar-refractivity contribution >= 4 is 12.0 Å². The summed E-state index contributed by atoms with van der Waals surface area (Å²) < 4.78 is 4.89. The van der Waals surface area contributed by atoms with Gasteiger partial charge >= 0.3 is 12.0 Å². The summed E-state index contributed by atoms with van der Waals surface area (Å²) in [5, 5.41) is 6.05. The van der Waals surface area contributed by atoms with Gasteiger partial charge in [-0.15, -0.1) is 0 Å². The zero-order valence-electron chi connectivity index (χ0n) is 14.7. The second-order valence-electron chi connectivity index (χ2n) is 6.41. The standard InChI is InChI=1S/C18H34N2O3/c1-2-23-17(21)14-10-6-7-11-15-19-18(22)20-16-12-8-4-3-5-9-13-16/h16H,2-15H2,1H3,(H2,19,20,22). The van der Waals surface area contributed by atoms with E-state index in [1.54, 1.807) is 0 Å². The van der Waals surface area contributed by atoms with Gasteiger partial charge in [0.25, 0.3) is 0 Å². The van der Waals surface area contributed by atoms with Crippen LogP contribution in [0.5, 0.6) is 0 Å². The Morgan fingerprint density at radius 3 is 2.30 bits per heavy atom. The van der Waals surface area contributed by atoms with Gasteiger partial charge in [0.05, 0.1) is 6.61 Å². The molecule has 0 unspecified atom stereocenters. The number of esters is 1. The number of carbonyl (C=O) groups is 2. The highest BCUT2D eigenvalue weighted by Crippen LogP contribution is 2.16. The zero-order chi connectivity index (χ0) is 16.8. The fourth-order valence-corrected chi connectivity index (χ4v) is 3.02. The summed E-state index contributed by atoms with van der Waals surface area (Å²) >= 11 is 0. The van der Waals surface area contributed by atoms with E-state index >= 15 is 0 Å². The maximum absolute atomic E-state index is 11.9. The molecule has 0 radical (unpaired) electrons. The molecule has 1 aliphatic rings. The van der Waals surface area contributed by atoms with Crippen molar-refractivity contribution in [2.45, 2.75) is 90.0 Å². The average molecular weight is 326 g/mol. The quantitative estimate of drug-likeness (QED) is 0.498. The van der Waals surface area contributed by atoms with Crippen LogP contribution < -0.4 is 10.6 Å². The molecule has 1 saturated carbocycles. The van der Waals surface area contributed by atoms with Gasteiger partial charge in [-0.3, -0.25) is 4.79 Å². The molecule has 5 heteroatoms. The third-order valence-corrected chi connectivity index (χ3v) is 4.34. The van der Waals surface area contributed by atoms with Gasteiger partial charge in [-0.05, 0) is 32.6 Å². The summed E-state index contributed by atoms with van der Waals surface area (Å²) in [4.78, 5) is 23.0. The minimum Gasteiger partial charge on any atom is -0.466 e. The molecule has 0 atom stereocenters. The first-order valence-corrected chi connectivity index (χ1v) is 9.42. The van der Waals surface area contributed by atoms with Gasteiger partial charge in [-0.1, -0.05) is 44.9 Å². The van der Waals surface area contributed by atoms with E-state index in [2.05, 4.69) is 10.6 Å². The molecule has 1 rings (SSSR count). The highest BCUT2D eigenvalue weighted by Gasteiger charge is 2.13. The molecule has 0 saturated heterocycles. The van der Waals surface area contributed by atoms with Crippen molar-refractivity contribution in [1.29, 1.82) is 0 Å². The van der Waals surface area contributed by atoms with Gasteiger partial charge in [0.1, 0.15) is 0 Å². The lowest BCUT2D eigenvalue weighted by Gasteiger charge is -2.21. The Balaban J connectivity index is 1.96. The Bertz CT molecular complexity index is 326. The molecular formula is C18H34N2O3. The highest BCUT2D eigenvalue weighted by molar-refractivity contribution is 5.74. The fourth-order valence-electron chi connectivity index (χ4n) is 3.02. The average Bonchev–Trinajstić information content (AvgIpc) is 2.49. The van der Waals surface area contributed by atoms with E-state index in [0.717, 1.165) is 38.5 Å². The van der Waals surface area contributed by atoms with Crippen molar-refractivity contribution in [3.63, 3.8) is 0 Å². The Hall–Kier alpha value is -1.26. The molecule has 134 valence electrons. The summed E-state index contributed by atoms with van der Waals surface area (Å²) in [7, 11) is 0. The van der Waals surface area contributed by atoms with Gasteiger partial charge in [0, 0.05) is 19.0 Å². The van der Waals surface area contributed by atoms with E-state index in [9.17, 15) is 9.59 Å². The summed E-state index contributed by atoms with van der Waals surface area (Å²) in [5.41, 5.74) is 0. The summed E-state index contributed by atoms with van der Waals surface area (Å²) in [6.07, 6.45) is 13.0. The van der Waals surface area contributed by atoms with Crippen LogP contribution in [0, 0.1) is 0 Å². The minimum atomic E-state index is -0.107. The van der Waals surface area contributed by atoms with Crippen LogP contribution in [0.15, 0.2) is 0 Å². The number of amides is 2. The first kappa shape index (κ1) is 19.8. The molecule has 23 heavy (non-hydrogen) atoms. The predicted octanol–water partition coefficient (Wildman–Crippen LogP) is 3.91. The van der Waals surface area contributed by atoms with Crippen molar-refractivity contribution < 1.29 is 14.3 Å². The smallest absolute Gasteiger partial charge is 0.315 e. The number of hydrogen-bond donors (Lipinski definition) is 2. The molecule has 0 spiro atoms. The number of carbonyl (C=O) groups excluding carboxylic acids is 2. The predicted molar refractivity (Wildman–Crippen MR) is 92.4 cm³/mol. The lowest BCUT2D eigenvalue weighted by atomic mass is 9.97. The molecule has 0 aromatic heterocycles. The number of hydrogen-bond acceptors (Lipinski definition) is 3. The van der Waals surface area contributed by atoms with E-state index in [0.29, 0.717) is 25.6 Å². The van der Waals surface area contributed by atoms with E-state index < -0.39 is 0 Å². The Morgan fingerprint density at radius 1 is 0.957 bits per heavy atom. The first-order chi connectivity index (χ1) is 11.2. The molecular weight excluding hydrogens is 292 g/mol. The monoisotopic (exact) mass is 326 g/mol. The molecule has 5 nitrogen and oxygen atoms in total. The molecule has 2 N–H and O–H groups in total. The van der Waals surface area contributed by atoms with Crippen molar-refractivity contribution in [2.75, 3.05) is 13.2 Å². The number of urea groups is 1. The van der Waals surface area contributed by atoms with Crippen LogP contribution in [0.3, 0.4) is 0 Å². The molecule has 0 bridgehead atoms. The molecule has 1 fully saturated rings. The maximum Gasteiger partial charge on any atom is 0.315 e. The third-order valence-electron chi connectivity index (χ3n) is 4.34.